The zero-order valence-corrected chi connectivity index (χ0v) is 34.8. The van der Waals surface area contributed by atoms with E-state index in [1.54, 1.807) is 0 Å². The molecule has 1 aromatic heterocycles. The first-order chi connectivity index (χ1) is 27.2. The van der Waals surface area contributed by atoms with Gasteiger partial charge in [-0.3, -0.25) is 4.90 Å². The zero-order valence-electron chi connectivity index (χ0n) is 34.8. The molecule has 0 aliphatic carbocycles. The highest BCUT2D eigenvalue weighted by Crippen LogP contribution is 2.51. The molecular weight excluding hydrogens is 707 g/mol. The maximum absolute atomic E-state index is 7.21. The molecule has 0 spiro atoms. The highest BCUT2D eigenvalue weighted by atomic mass is 16.6. The normalized spacial score (nSPS) is 15.5. The summed E-state index contributed by atoms with van der Waals surface area (Å²) in [6.45, 7) is 24.7. The van der Waals surface area contributed by atoms with Crippen molar-refractivity contribution in [2.24, 2.45) is 0 Å². The summed E-state index contributed by atoms with van der Waals surface area (Å²) in [5.74, 6) is 4.15. The van der Waals surface area contributed by atoms with E-state index in [1.807, 2.05) is 6.07 Å². The topological polar surface area (TPSA) is 56.5 Å². The van der Waals surface area contributed by atoms with Crippen LogP contribution in [0.5, 0.6) is 23.0 Å². The van der Waals surface area contributed by atoms with Gasteiger partial charge in [-0.05, 0) is 112 Å². The fraction of sp³-hybridized carbons (Fsp3) is 0.347. The molecule has 0 atom stereocenters. The first-order valence-corrected chi connectivity index (χ1v) is 20.5. The van der Waals surface area contributed by atoms with E-state index in [-0.39, 0.29) is 23.5 Å². The molecule has 0 unspecified atom stereocenters. The van der Waals surface area contributed by atoms with Crippen molar-refractivity contribution >= 4 is 68.4 Å². The van der Waals surface area contributed by atoms with Crippen LogP contribution in [0.1, 0.15) is 89.1 Å². The van der Waals surface area contributed by atoms with Crippen LogP contribution in [0.25, 0.3) is 11.0 Å². The van der Waals surface area contributed by atoms with E-state index in [1.165, 1.54) is 38.7 Å². The minimum absolute atomic E-state index is 0.00438. The Hall–Kier alpha value is -5.50. The molecule has 6 aromatic rings. The number of fused-ring (bicyclic) bond motifs is 8. The summed E-state index contributed by atoms with van der Waals surface area (Å²) in [5.41, 5.74) is 16.1. The Morgan fingerprint density at radius 2 is 1.18 bits per heavy atom. The van der Waals surface area contributed by atoms with Crippen molar-refractivity contribution < 1.29 is 23.4 Å². The molecule has 0 saturated heterocycles. The lowest BCUT2D eigenvalue weighted by Crippen LogP contribution is -2.61. The molecular formula is C49H51BN2O5. The second-order valence-corrected chi connectivity index (χ2v) is 18.6. The lowest BCUT2D eigenvalue weighted by Gasteiger charge is -2.44. The van der Waals surface area contributed by atoms with Gasteiger partial charge in [-0.15, -0.1) is 0 Å². The van der Waals surface area contributed by atoms with Crippen LogP contribution in [0.15, 0.2) is 77.2 Å². The number of nitrogens with zero attached hydrogens (tertiary/aromatic N) is 2. The van der Waals surface area contributed by atoms with Gasteiger partial charge in [0.25, 0.3) is 6.71 Å². The zero-order chi connectivity index (χ0) is 39.7. The van der Waals surface area contributed by atoms with E-state index in [9.17, 15) is 0 Å². The molecule has 0 fully saturated rings. The summed E-state index contributed by atoms with van der Waals surface area (Å²) < 4.78 is 32.1. The minimum Gasteiger partial charge on any atom is -0.486 e. The van der Waals surface area contributed by atoms with Crippen molar-refractivity contribution in [3.63, 3.8) is 0 Å². The quantitative estimate of drug-likeness (QED) is 0.166. The predicted octanol–water partition coefficient (Wildman–Crippen LogP) is 10.4. The van der Waals surface area contributed by atoms with E-state index in [0.717, 1.165) is 73.8 Å². The third kappa shape index (κ3) is 5.54. The molecule has 0 N–H and O–H groups in total. The van der Waals surface area contributed by atoms with E-state index >= 15 is 0 Å². The Morgan fingerprint density at radius 3 is 1.81 bits per heavy atom. The van der Waals surface area contributed by atoms with Gasteiger partial charge in [0.15, 0.2) is 23.0 Å². The molecule has 5 aromatic carbocycles. The fourth-order valence-electron chi connectivity index (χ4n) is 9.28. The second kappa shape index (κ2) is 12.5. The summed E-state index contributed by atoms with van der Waals surface area (Å²) in [4.78, 5) is 4.84. The van der Waals surface area contributed by atoms with Gasteiger partial charge in [-0.25, -0.2) is 0 Å². The molecule has 0 bridgehead atoms. The number of ether oxygens (including phenoxy) is 4. The van der Waals surface area contributed by atoms with Gasteiger partial charge in [0.2, 0.25) is 5.88 Å². The van der Waals surface area contributed by atoms with Crippen molar-refractivity contribution in [3.05, 3.63) is 101 Å². The van der Waals surface area contributed by atoms with E-state index < -0.39 is 0 Å². The smallest absolute Gasteiger partial charge is 0.257 e. The Kier molecular flexibility index (Phi) is 7.87. The molecule has 4 aliphatic rings. The standard InChI is InChI=1S/C49H51BN2O5/c1-27(2)30-21-37-45-38(22-30)52(46-28(3)19-32(20-29(46)4)49(8,9)10)47-44(34-23-31(48(5,6)7)11-13-39(34)57-47)50(45)35-25-42-43(56-18-17-55-42)26-36(35)51(37)33-12-14-40-41(24-33)54-16-15-53-40/h11-14,19-27H,15-18H2,1-10H3. The average Bonchev–Trinajstić information content (AvgIpc) is 3.55. The van der Waals surface area contributed by atoms with Crippen LogP contribution in [0, 0.1) is 13.8 Å². The van der Waals surface area contributed by atoms with Gasteiger partial charge < -0.3 is 28.3 Å². The van der Waals surface area contributed by atoms with Gasteiger partial charge in [-0.2, -0.15) is 0 Å². The first kappa shape index (κ1) is 35.9. The van der Waals surface area contributed by atoms with Crippen molar-refractivity contribution in [1.82, 2.24) is 0 Å². The van der Waals surface area contributed by atoms with Crippen molar-refractivity contribution in [1.29, 1.82) is 0 Å². The molecule has 0 amide bonds. The summed E-state index contributed by atoms with van der Waals surface area (Å²) in [6, 6.07) is 27.0. The van der Waals surface area contributed by atoms with Crippen LogP contribution in [-0.2, 0) is 10.8 Å². The monoisotopic (exact) mass is 758 g/mol. The molecule has 57 heavy (non-hydrogen) atoms. The highest BCUT2D eigenvalue weighted by molar-refractivity contribution is 7.01. The third-order valence-corrected chi connectivity index (χ3v) is 12.3. The van der Waals surface area contributed by atoms with Gasteiger partial charge >= 0.3 is 0 Å². The Bertz CT molecular complexity index is 2620. The Labute approximate surface area is 336 Å². The molecule has 4 aliphatic heterocycles. The molecule has 0 saturated carbocycles. The fourth-order valence-corrected chi connectivity index (χ4v) is 9.28. The Balaban J connectivity index is 1.35. The highest BCUT2D eigenvalue weighted by Gasteiger charge is 2.48. The summed E-state index contributed by atoms with van der Waals surface area (Å²) in [5, 5.41) is 1.13. The van der Waals surface area contributed by atoms with Crippen molar-refractivity contribution in [2.45, 2.75) is 86.0 Å². The van der Waals surface area contributed by atoms with E-state index in [4.69, 9.17) is 23.4 Å². The van der Waals surface area contributed by atoms with Crippen molar-refractivity contribution in [3.8, 4) is 23.0 Å². The van der Waals surface area contributed by atoms with Crippen LogP contribution in [0.4, 0.5) is 34.3 Å². The molecule has 0 radical (unpaired) electrons. The average molecular weight is 759 g/mol. The van der Waals surface area contributed by atoms with Crippen molar-refractivity contribution in [2.75, 3.05) is 36.2 Å². The lowest BCUT2D eigenvalue weighted by molar-refractivity contribution is 0.171. The third-order valence-electron chi connectivity index (χ3n) is 12.3. The second-order valence-electron chi connectivity index (χ2n) is 18.6. The predicted molar refractivity (Wildman–Crippen MR) is 233 cm³/mol. The van der Waals surface area contributed by atoms with Crippen LogP contribution < -0.4 is 45.1 Å². The molecule has 10 rings (SSSR count). The molecule has 5 heterocycles. The number of aryl methyl sites for hydroxylation is 2. The summed E-state index contributed by atoms with van der Waals surface area (Å²) in [6.07, 6.45) is 0. The maximum atomic E-state index is 7.21. The molecule has 8 heteroatoms. The lowest BCUT2D eigenvalue weighted by atomic mass is 9.33. The van der Waals surface area contributed by atoms with Crippen LogP contribution in [0.2, 0.25) is 0 Å². The first-order valence-electron chi connectivity index (χ1n) is 20.5. The summed E-state index contributed by atoms with van der Waals surface area (Å²) >= 11 is 0. The SMILES string of the molecule is Cc1cc(C(C)(C)C)cc(C)c1N1c2cc(C(C)C)cc3c2B(c2cc4c(cc2N3c2ccc3c(c2)OCCO3)OCCO4)c2c1oc1ccc(C(C)(C)C)cc21. The number of hydrogen-bond donors (Lipinski definition) is 0. The van der Waals surface area contributed by atoms with Crippen LogP contribution >= 0.6 is 0 Å². The number of rotatable bonds is 3. The van der Waals surface area contributed by atoms with Gasteiger partial charge in [0.05, 0.1) is 11.4 Å². The minimum atomic E-state index is -0.160. The number of furan rings is 1. The van der Waals surface area contributed by atoms with Gasteiger partial charge in [0, 0.05) is 40.0 Å². The number of anilines is 6. The van der Waals surface area contributed by atoms with Gasteiger partial charge in [-0.1, -0.05) is 73.6 Å². The van der Waals surface area contributed by atoms with Crippen LogP contribution in [-0.4, -0.2) is 33.1 Å². The number of hydrogen-bond acceptors (Lipinski definition) is 7. The maximum Gasteiger partial charge on any atom is 0.257 e. The largest absolute Gasteiger partial charge is 0.486 e. The number of benzene rings is 5. The molecule has 290 valence electrons. The van der Waals surface area contributed by atoms with Gasteiger partial charge in [0.1, 0.15) is 32.0 Å². The van der Waals surface area contributed by atoms with E-state index in [0.29, 0.717) is 26.4 Å². The summed E-state index contributed by atoms with van der Waals surface area (Å²) in [7, 11) is 0. The molecule has 7 nitrogen and oxygen atoms in total. The Morgan fingerprint density at radius 1 is 0.579 bits per heavy atom. The van der Waals surface area contributed by atoms with Crippen LogP contribution in [0.3, 0.4) is 0 Å². The van der Waals surface area contributed by atoms with E-state index in [2.05, 4.69) is 146 Å².